The van der Waals surface area contributed by atoms with Gasteiger partial charge in [0.05, 0.1) is 27.8 Å². The van der Waals surface area contributed by atoms with Crippen molar-refractivity contribution in [2.24, 2.45) is 0 Å². The van der Waals surface area contributed by atoms with E-state index in [0.29, 0.717) is 23.0 Å². The van der Waals surface area contributed by atoms with Crippen LogP contribution >= 0.6 is 0 Å². The molecule has 6 heteroatoms. The van der Waals surface area contributed by atoms with E-state index >= 15 is 0 Å². The fraction of sp³-hybridized carbons (Fsp3) is 0.278. The van der Waals surface area contributed by atoms with Crippen LogP contribution in [0.15, 0.2) is 30.3 Å². The van der Waals surface area contributed by atoms with Gasteiger partial charge in [-0.05, 0) is 17.7 Å². The summed E-state index contributed by atoms with van der Waals surface area (Å²) in [5.74, 6) is 1.28. The van der Waals surface area contributed by atoms with Crippen LogP contribution in [-0.2, 0) is 4.79 Å². The number of ether oxygens (including phenoxy) is 4. The zero-order chi connectivity index (χ0) is 17.3. The Bertz CT molecular complexity index is 766. The SMILES string of the molecule is COc1cc2c(c(OC)c1OC)C(c1ccc(O)cc1)CC(=O)O2. The van der Waals surface area contributed by atoms with Gasteiger partial charge in [-0.25, -0.2) is 0 Å². The fourth-order valence-corrected chi connectivity index (χ4v) is 2.99. The molecule has 0 saturated heterocycles. The number of hydrogen-bond acceptors (Lipinski definition) is 6. The number of benzene rings is 2. The summed E-state index contributed by atoms with van der Waals surface area (Å²) in [5.41, 5.74) is 1.59. The molecule has 0 radical (unpaired) electrons. The highest BCUT2D eigenvalue weighted by atomic mass is 16.5. The number of carbonyl (C=O) groups excluding carboxylic acids is 1. The zero-order valence-electron chi connectivity index (χ0n) is 13.7. The number of hydrogen-bond donors (Lipinski definition) is 1. The van der Waals surface area contributed by atoms with E-state index in [1.165, 1.54) is 21.3 Å². The molecule has 2 aromatic rings. The van der Waals surface area contributed by atoms with E-state index in [-0.39, 0.29) is 24.1 Å². The molecule has 1 unspecified atom stereocenters. The lowest BCUT2D eigenvalue weighted by atomic mass is 9.85. The molecule has 0 fully saturated rings. The second kappa shape index (κ2) is 6.31. The lowest BCUT2D eigenvalue weighted by Gasteiger charge is -2.28. The predicted octanol–water partition coefficient (Wildman–Crippen LogP) is 2.86. The third-order valence-electron chi connectivity index (χ3n) is 4.07. The Morgan fingerprint density at radius 3 is 2.29 bits per heavy atom. The van der Waals surface area contributed by atoms with Gasteiger partial charge in [0.25, 0.3) is 0 Å². The molecule has 0 spiro atoms. The smallest absolute Gasteiger partial charge is 0.312 e. The van der Waals surface area contributed by atoms with E-state index in [2.05, 4.69) is 0 Å². The Balaban J connectivity index is 2.23. The van der Waals surface area contributed by atoms with Crippen LogP contribution in [0.5, 0.6) is 28.7 Å². The van der Waals surface area contributed by atoms with Gasteiger partial charge < -0.3 is 24.1 Å². The summed E-state index contributed by atoms with van der Waals surface area (Å²) in [6, 6.07) is 8.35. The van der Waals surface area contributed by atoms with Gasteiger partial charge in [0.2, 0.25) is 5.75 Å². The highest BCUT2D eigenvalue weighted by molar-refractivity contribution is 5.80. The summed E-state index contributed by atoms with van der Waals surface area (Å²) in [6.45, 7) is 0. The van der Waals surface area contributed by atoms with Crippen molar-refractivity contribution in [3.63, 3.8) is 0 Å². The maximum Gasteiger partial charge on any atom is 0.312 e. The van der Waals surface area contributed by atoms with Crippen LogP contribution in [0.25, 0.3) is 0 Å². The van der Waals surface area contributed by atoms with Gasteiger partial charge in [-0.15, -0.1) is 0 Å². The largest absolute Gasteiger partial charge is 0.508 e. The van der Waals surface area contributed by atoms with Crippen molar-refractivity contribution in [1.82, 2.24) is 0 Å². The minimum atomic E-state index is -0.338. The summed E-state index contributed by atoms with van der Waals surface area (Å²) in [6.07, 6.45) is 0.170. The molecule has 1 aliphatic heterocycles. The van der Waals surface area contributed by atoms with Crippen molar-refractivity contribution in [3.05, 3.63) is 41.5 Å². The summed E-state index contributed by atoms with van der Waals surface area (Å²) < 4.78 is 21.7. The van der Waals surface area contributed by atoms with Gasteiger partial charge in [0.15, 0.2) is 11.5 Å². The Kier molecular flexibility index (Phi) is 4.20. The second-order valence-corrected chi connectivity index (χ2v) is 5.38. The molecule has 0 saturated carbocycles. The standard InChI is InChI=1S/C18H18O6/c1-21-14-9-13-16(18(23-3)17(14)22-2)12(8-15(20)24-13)10-4-6-11(19)7-5-10/h4-7,9,12,19H,8H2,1-3H3. The van der Waals surface area contributed by atoms with Crippen molar-refractivity contribution in [2.75, 3.05) is 21.3 Å². The number of phenols is 1. The first-order valence-corrected chi connectivity index (χ1v) is 7.41. The third-order valence-corrected chi connectivity index (χ3v) is 4.07. The van der Waals surface area contributed by atoms with Gasteiger partial charge in [-0.2, -0.15) is 0 Å². The van der Waals surface area contributed by atoms with Crippen molar-refractivity contribution in [3.8, 4) is 28.7 Å². The van der Waals surface area contributed by atoms with Crippen LogP contribution in [0.1, 0.15) is 23.5 Å². The Labute approximate surface area is 139 Å². The first kappa shape index (κ1) is 16.0. The van der Waals surface area contributed by atoms with Crippen molar-refractivity contribution in [2.45, 2.75) is 12.3 Å². The van der Waals surface area contributed by atoms with Gasteiger partial charge in [-0.3, -0.25) is 4.79 Å². The first-order valence-electron chi connectivity index (χ1n) is 7.41. The highest BCUT2D eigenvalue weighted by Crippen LogP contribution is 2.52. The average Bonchev–Trinajstić information content (AvgIpc) is 2.59. The number of carbonyl (C=O) groups is 1. The molecule has 1 heterocycles. The summed E-state index contributed by atoms with van der Waals surface area (Å²) >= 11 is 0. The van der Waals surface area contributed by atoms with E-state index in [4.69, 9.17) is 18.9 Å². The van der Waals surface area contributed by atoms with Crippen molar-refractivity contribution >= 4 is 5.97 Å². The van der Waals surface area contributed by atoms with Crippen molar-refractivity contribution < 1.29 is 28.8 Å². The molecule has 0 bridgehead atoms. The molecule has 1 atom stereocenters. The average molecular weight is 330 g/mol. The first-order chi connectivity index (χ1) is 11.6. The molecule has 0 aliphatic carbocycles. The van der Waals surface area contributed by atoms with E-state index < -0.39 is 0 Å². The maximum absolute atomic E-state index is 12.0. The molecule has 1 N–H and O–H groups in total. The van der Waals surface area contributed by atoms with E-state index in [9.17, 15) is 9.90 Å². The van der Waals surface area contributed by atoms with Crippen LogP contribution in [0.4, 0.5) is 0 Å². The van der Waals surface area contributed by atoms with Gasteiger partial charge in [-0.1, -0.05) is 12.1 Å². The molecule has 3 rings (SSSR count). The highest BCUT2D eigenvalue weighted by Gasteiger charge is 2.35. The lowest BCUT2D eigenvalue weighted by molar-refractivity contribution is -0.135. The normalized spacial score (nSPS) is 16.1. The van der Waals surface area contributed by atoms with E-state index in [1.54, 1.807) is 30.3 Å². The monoisotopic (exact) mass is 330 g/mol. The quantitative estimate of drug-likeness (QED) is 0.686. The molecule has 0 aromatic heterocycles. The van der Waals surface area contributed by atoms with Crippen molar-refractivity contribution in [1.29, 1.82) is 0 Å². The van der Waals surface area contributed by atoms with Crippen LogP contribution in [0, 0.1) is 0 Å². The summed E-state index contributed by atoms with van der Waals surface area (Å²) in [7, 11) is 4.56. The molecule has 0 amide bonds. The van der Waals surface area contributed by atoms with Gasteiger partial charge in [0.1, 0.15) is 11.5 Å². The topological polar surface area (TPSA) is 74.2 Å². The number of phenolic OH excluding ortho intramolecular Hbond substituents is 1. The molecular formula is C18H18O6. The summed E-state index contributed by atoms with van der Waals surface area (Å²) in [5, 5.41) is 9.50. The third kappa shape index (κ3) is 2.60. The number of fused-ring (bicyclic) bond motifs is 1. The second-order valence-electron chi connectivity index (χ2n) is 5.38. The minimum Gasteiger partial charge on any atom is -0.508 e. The number of aromatic hydroxyl groups is 1. The van der Waals surface area contributed by atoms with Gasteiger partial charge >= 0.3 is 5.97 Å². The van der Waals surface area contributed by atoms with Crippen LogP contribution in [-0.4, -0.2) is 32.4 Å². The lowest BCUT2D eigenvalue weighted by Crippen LogP contribution is -2.22. The predicted molar refractivity (Wildman–Crippen MR) is 86.3 cm³/mol. The number of methoxy groups -OCH3 is 3. The van der Waals surface area contributed by atoms with E-state index in [1.807, 2.05) is 0 Å². The Morgan fingerprint density at radius 1 is 1.04 bits per heavy atom. The molecule has 24 heavy (non-hydrogen) atoms. The fourth-order valence-electron chi connectivity index (χ4n) is 2.99. The molecular weight excluding hydrogens is 312 g/mol. The molecule has 6 nitrogen and oxygen atoms in total. The maximum atomic E-state index is 12.0. The van der Waals surface area contributed by atoms with Crippen LogP contribution in [0.3, 0.4) is 0 Å². The summed E-state index contributed by atoms with van der Waals surface area (Å²) in [4.78, 5) is 12.0. The Morgan fingerprint density at radius 2 is 1.71 bits per heavy atom. The number of esters is 1. The van der Waals surface area contributed by atoms with Crippen LogP contribution < -0.4 is 18.9 Å². The van der Waals surface area contributed by atoms with Gasteiger partial charge in [0, 0.05) is 17.5 Å². The number of rotatable bonds is 4. The van der Waals surface area contributed by atoms with Crippen LogP contribution in [0.2, 0.25) is 0 Å². The Hall–Kier alpha value is -2.89. The minimum absolute atomic E-state index is 0.164. The van der Waals surface area contributed by atoms with E-state index in [0.717, 1.165) is 11.1 Å². The zero-order valence-corrected chi connectivity index (χ0v) is 13.7. The molecule has 2 aromatic carbocycles. The molecule has 1 aliphatic rings. The molecule has 126 valence electrons.